The maximum atomic E-state index is 9.46. The third-order valence-corrected chi connectivity index (χ3v) is 3.86. The first-order valence-electron chi connectivity index (χ1n) is 5.76. The molecular weight excluding hydrogens is 218 g/mol. The SMILES string of the molecule is CCCSCCC(N)(CO)c1ccccc1. The third-order valence-electron chi connectivity index (χ3n) is 2.67. The van der Waals surface area contributed by atoms with Gasteiger partial charge in [-0.1, -0.05) is 37.3 Å². The minimum atomic E-state index is -0.581. The lowest BCUT2D eigenvalue weighted by Crippen LogP contribution is -2.41. The summed E-state index contributed by atoms with van der Waals surface area (Å²) in [5, 5.41) is 9.46. The van der Waals surface area contributed by atoms with Crippen LogP contribution in [-0.4, -0.2) is 23.2 Å². The molecule has 0 spiro atoms. The van der Waals surface area contributed by atoms with Crippen LogP contribution in [0.1, 0.15) is 25.3 Å². The molecule has 1 atom stereocenters. The van der Waals surface area contributed by atoms with E-state index in [9.17, 15) is 5.11 Å². The van der Waals surface area contributed by atoms with E-state index >= 15 is 0 Å². The Bertz CT molecular complexity index is 291. The number of benzene rings is 1. The van der Waals surface area contributed by atoms with E-state index in [1.165, 1.54) is 6.42 Å². The lowest BCUT2D eigenvalue weighted by Gasteiger charge is -2.27. The quantitative estimate of drug-likeness (QED) is 0.718. The third kappa shape index (κ3) is 3.81. The number of aliphatic hydroxyl groups excluding tert-OH is 1. The van der Waals surface area contributed by atoms with E-state index in [1.807, 2.05) is 42.1 Å². The molecule has 0 aliphatic heterocycles. The molecule has 0 aromatic heterocycles. The Morgan fingerprint density at radius 3 is 2.50 bits per heavy atom. The second-order valence-electron chi connectivity index (χ2n) is 4.04. The van der Waals surface area contributed by atoms with Crippen molar-refractivity contribution in [2.24, 2.45) is 5.73 Å². The summed E-state index contributed by atoms with van der Waals surface area (Å²) in [4.78, 5) is 0. The molecule has 90 valence electrons. The molecule has 3 N–H and O–H groups in total. The Kier molecular flexibility index (Phi) is 5.88. The fourth-order valence-electron chi connectivity index (χ4n) is 1.59. The summed E-state index contributed by atoms with van der Waals surface area (Å²) in [6.45, 7) is 2.18. The highest BCUT2D eigenvalue weighted by Crippen LogP contribution is 2.23. The highest BCUT2D eigenvalue weighted by atomic mass is 32.2. The average molecular weight is 239 g/mol. The summed E-state index contributed by atoms with van der Waals surface area (Å²) < 4.78 is 0. The second kappa shape index (κ2) is 6.94. The van der Waals surface area contributed by atoms with Crippen molar-refractivity contribution in [1.29, 1.82) is 0 Å². The van der Waals surface area contributed by atoms with Crippen molar-refractivity contribution < 1.29 is 5.11 Å². The van der Waals surface area contributed by atoms with Crippen molar-refractivity contribution in [2.45, 2.75) is 25.3 Å². The van der Waals surface area contributed by atoms with Gasteiger partial charge in [0.15, 0.2) is 0 Å². The van der Waals surface area contributed by atoms with Crippen molar-refractivity contribution in [3.63, 3.8) is 0 Å². The van der Waals surface area contributed by atoms with Gasteiger partial charge in [0.1, 0.15) is 0 Å². The van der Waals surface area contributed by atoms with Crippen LogP contribution in [0.3, 0.4) is 0 Å². The monoisotopic (exact) mass is 239 g/mol. The molecule has 1 unspecified atom stereocenters. The fourth-order valence-corrected chi connectivity index (χ4v) is 2.59. The summed E-state index contributed by atoms with van der Waals surface area (Å²) >= 11 is 1.90. The summed E-state index contributed by atoms with van der Waals surface area (Å²) in [5.41, 5.74) is 6.68. The van der Waals surface area contributed by atoms with Crippen molar-refractivity contribution >= 4 is 11.8 Å². The number of nitrogens with two attached hydrogens (primary N) is 1. The maximum absolute atomic E-state index is 9.46. The van der Waals surface area contributed by atoms with Crippen LogP contribution in [0, 0.1) is 0 Å². The molecule has 0 radical (unpaired) electrons. The molecule has 0 saturated heterocycles. The molecule has 0 bridgehead atoms. The van der Waals surface area contributed by atoms with Crippen LogP contribution < -0.4 is 5.73 Å². The molecule has 1 rings (SSSR count). The van der Waals surface area contributed by atoms with Gasteiger partial charge < -0.3 is 10.8 Å². The van der Waals surface area contributed by atoms with Gasteiger partial charge in [-0.15, -0.1) is 0 Å². The molecule has 16 heavy (non-hydrogen) atoms. The molecule has 0 saturated carbocycles. The Labute approximate surface area is 102 Å². The second-order valence-corrected chi connectivity index (χ2v) is 5.27. The zero-order chi connectivity index (χ0) is 11.9. The number of hydrogen-bond donors (Lipinski definition) is 2. The Morgan fingerprint density at radius 2 is 1.94 bits per heavy atom. The van der Waals surface area contributed by atoms with Crippen LogP contribution in [0.25, 0.3) is 0 Å². The predicted molar refractivity (Wildman–Crippen MR) is 71.6 cm³/mol. The van der Waals surface area contributed by atoms with E-state index in [0.29, 0.717) is 0 Å². The smallest absolute Gasteiger partial charge is 0.0653 e. The molecule has 3 heteroatoms. The Morgan fingerprint density at radius 1 is 1.25 bits per heavy atom. The van der Waals surface area contributed by atoms with Crippen LogP contribution in [-0.2, 0) is 5.54 Å². The van der Waals surface area contributed by atoms with Gasteiger partial charge in [-0.25, -0.2) is 0 Å². The number of thioether (sulfide) groups is 1. The fraction of sp³-hybridized carbons (Fsp3) is 0.538. The molecule has 1 aromatic carbocycles. The van der Waals surface area contributed by atoms with Gasteiger partial charge in [-0.2, -0.15) is 11.8 Å². The van der Waals surface area contributed by atoms with Crippen molar-refractivity contribution in [3.8, 4) is 0 Å². The first-order chi connectivity index (χ1) is 7.73. The Hall–Kier alpha value is -0.510. The molecule has 2 nitrogen and oxygen atoms in total. The van der Waals surface area contributed by atoms with Crippen LogP contribution in [0.4, 0.5) is 0 Å². The van der Waals surface area contributed by atoms with Gasteiger partial charge >= 0.3 is 0 Å². The minimum absolute atomic E-state index is 0.00367. The molecular formula is C13H21NOS. The van der Waals surface area contributed by atoms with Gasteiger partial charge in [0.2, 0.25) is 0 Å². The van der Waals surface area contributed by atoms with Gasteiger partial charge in [-0.05, 0) is 29.9 Å². The highest BCUT2D eigenvalue weighted by Gasteiger charge is 2.25. The van der Waals surface area contributed by atoms with Crippen LogP contribution >= 0.6 is 11.8 Å². The summed E-state index contributed by atoms with van der Waals surface area (Å²) in [7, 11) is 0. The molecule has 0 aliphatic rings. The number of rotatable bonds is 7. The van der Waals surface area contributed by atoms with Crippen LogP contribution in [0.5, 0.6) is 0 Å². The number of hydrogen-bond acceptors (Lipinski definition) is 3. The zero-order valence-corrected chi connectivity index (χ0v) is 10.7. The topological polar surface area (TPSA) is 46.2 Å². The lowest BCUT2D eigenvalue weighted by molar-refractivity contribution is 0.193. The van der Waals surface area contributed by atoms with E-state index in [2.05, 4.69) is 6.92 Å². The van der Waals surface area contributed by atoms with E-state index in [0.717, 1.165) is 23.5 Å². The first kappa shape index (κ1) is 13.6. The molecule has 0 amide bonds. The molecule has 1 aromatic rings. The highest BCUT2D eigenvalue weighted by molar-refractivity contribution is 7.99. The molecule has 0 aliphatic carbocycles. The lowest BCUT2D eigenvalue weighted by atomic mass is 9.89. The van der Waals surface area contributed by atoms with E-state index in [-0.39, 0.29) is 6.61 Å². The van der Waals surface area contributed by atoms with E-state index < -0.39 is 5.54 Å². The van der Waals surface area contributed by atoms with Gasteiger partial charge in [0.05, 0.1) is 12.1 Å². The average Bonchev–Trinajstić information content (AvgIpc) is 2.35. The standard InChI is InChI=1S/C13H21NOS/c1-2-9-16-10-8-13(14,11-15)12-6-4-3-5-7-12/h3-7,15H,2,8-11,14H2,1H3. The first-order valence-corrected chi connectivity index (χ1v) is 6.91. The van der Waals surface area contributed by atoms with Crippen molar-refractivity contribution in [1.82, 2.24) is 0 Å². The number of aliphatic hydroxyl groups is 1. The van der Waals surface area contributed by atoms with Crippen molar-refractivity contribution in [2.75, 3.05) is 18.1 Å². The summed E-state index contributed by atoms with van der Waals surface area (Å²) in [6.07, 6.45) is 2.00. The van der Waals surface area contributed by atoms with Crippen LogP contribution in [0.2, 0.25) is 0 Å². The Balaban J connectivity index is 2.56. The largest absolute Gasteiger partial charge is 0.394 e. The summed E-state index contributed by atoms with van der Waals surface area (Å²) in [5.74, 6) is 2.16. The predicted octanol–water partition coefficient (Wildman–Crippen LogP) is 2.37. The maximum Gasteiger partial charge on any atom is 0.0653 e. The van der Waals surface area contributed by atoms with E-state index in [4.69, 9.17) is 5.73 Å². The van der Waals surface area contributed by atoms with E-state index in [1.54, 1.807) is 0 Å². The minimum Gasteiger partial charge on any atom is -0.394 e. The van der Waals surface area contributed by atoms with Crippen LogP contribution in [0.15, 0.2) is 30.3 Å². The summed E-state index contributed by atoms with van der Waals surface area (Å²) in [6, 6.07) is 9.87. The van der Waals surface area contributed by atoms with Crippen molar-refractivity contribution in [3.05, 3.63) is 35.9 Å². The van der Waals surface area contributed by atoms with Gasteiger partial charge in [0, 0.05) is 0 Å². The van der Waals surface area contributed by atoms with Gasteiger partial charge in [-0.3, -0.25) is 0 Å². The molecule has 0 heterocycles. The van der Waals surface area contributed by atoms with Gasteiger partial charge in [0.25, 0.3) is 0 Å². The normalized spacial score (nSPS) is 14.7. The zero-order valence-electron chi connectivity index (χ0n) is 9.86. The molecule has 0 fully saturated rings.